The Morgan fingerprint density at radius 1 is 1.06 bits per heavy atom. The molecule has 0 bridgehead atoms. The number of aromatic nitrogens is 2. The van der Waals surface area contributed by atoms with E-state index < -0.39 is 11.5 Å². The molecule has 0 aliphatic heterocycles. The minimum absolute atomic E-state index is 0.0826. The van der Waals surface area contributed by atoms with E-state index in [2.05, 4.69) is 4.98 Å². The number of carbonyl (C=O) groups excluding carboxylic acids is 1. The van der Waals surface area contributed by atoms with E-state index in [4.69, 9.17) is 18.9 Å². The number of hydrogen-bond acceptors (Lipinski definition) is 8. The minimum atomic E-state index is -0.712. The number of anilines is 1. The van der Waals surface area contributed by atoms with Crippen LogP contribution >= 0.6 is 11.3 Å². The van der Waals surface area contributed by atoms with Gasteiger partial charge in [0.2, 0.25) is 0 Å². The molecule has 0 unspecified atom stereocenters. The third-order valence-electron chi connectivity index (χ3n) is 5.31. The van der Waals surface area contributed by atoms with E-state index in [9.17, 15) is 9.59 Å². The molecule has 170 valence electrons. The summed E-state index contributed by atoms with van der Waals surface area (Å²) in [6.45, 7) is 0.156. The number of carbonyl (C=O) groups is 1. The molecule has 0 fully saturated rings. The fourth-order valence-electron chi connectivity index (χ4n) is 3.65. The molecule has 9 heteroatoms. The Morgan fingerprint density at radius 3 is 2.62 bits per heavy atom. The standard InChI is InChI=1S/C25H19N3O5S/c1-31-19-9-10-20(32-2)22-21(19)27-25(34-22)28(14-15-6-5-11-26-13-15)23(29)17-12-16-7-3-4-8-18(16)33-24(17)30/h3-13H,14H2,1-2H3. The number of amides is 1. The van der Waals surface area contributed by atoms with Crippen molar-refractivity contribution in [3.8, 4) is 11.5 Å². The molecule has 0 aliphatic rings. The molecule has 0 N–H and O–H groups in total. The monoisotopic (exact) mass is 473 g/mol. The lowest BCUT2D eigenvalue weighted by Crippen LogP contribution is -2.33. The smallest absolute Gasteiger partial charge is 0.349 e. The molecule has 8 nitrogen and oxygen atoms in total. The second-order valence-electron chi connectivity index (χ2n) is 7.38. The quantitative estimate of drug-likeness (QED) is 0.331. The number of ether oxygens (including phenoxy) is 2. The van der Waals surface area contributed by atoms with Crippen molar-refractivity contribution in [2.75, 3.05) is 19.1 Å². The van der Waals surface area contributed by atoms with Gasteiger partial charge in [0.25, 0.3) is 5.91 Å². The van der Waals surface area contributed by atoms with E-state index >= 15 is 0 Å². The maximum Gasteiger partial charge on any atom is 0.349 e. The van der Waals surface area contributed by atoms with E-state index in [1.165, 1.54) is 16.2 Å². The molecule has 0 spiro atoms. The van der Waals surface area contributed by atoms with Gasteiger partial charge in [-0.2, -0.15) is 0 Å². The van der Waals surface area contributed by atoms with Crippen LogP contribution in [0.25, 0.3) is 21.2 Å². The van der Waals surface area contributed by atoms with Crippen molar-refractivity contribution in [1.29, 1.82) is 0 Å². The first kappa shape index (κ1) is 21.6. The molecular weight excluding hydrogens is 454 g/mol. The third kappa shape index (κ3) is 3.86. The van der Waals surface area contributed by atoms with Crippen molar-refractivity contribution in [3.63, 3.8) is 0 Å². The van der Waals surface area contributed by atoms with Gasteiger partial charge in [-0.15, -0.1) is 0 Å². The van der Waals surface area contributed by atoms with E-state index in [1.54, 1.807) is 69.1 Å². The zero-order valence-electron chi connectivity index (χ0n) is 18.3. The van der Waals surface area contributed by atoms with Crippen molar-refractivity contribution in [2.24, 2.45) is 0 Å². The van der Waals surface area contributed by atoms with Gasteiger partial charge >= 0.3 is 5.63 Å². The van der Waals surface area contributed by atoms with Gasteiger partial charge in [0.05, 0.1) is 20.8 Å². The molecular formula is C25H19N3O5S. The van der Waals surface area contributed by atoms with Crippen LogP contribution in [0, 0.1) is 0 Å². The van der Waals surface area contributed by atoms with Gasteiger partial charge in [0.1, 0.15) is 32.9 Å². The molecule has 2 aromatic carbocycles. The Kier molecular flexibility index (Phi) is 5.69. The number of benzene rings is 2. The molecule has 1 amide bonds. The molecule has 5 rings (SSSR count). The zero-order valence-corrected chi connectivity index (χ0v) is 19.2. The van der Waals surface area contributed by atoms with Gasteiger partial charge in [-0.3, -0.25) is 14.7 Å². The Labute approximate surface area is 198 Å². The highest BCUT2D eigenvalue weighted by Crippen LogP contribution is 2.40. The average Bonchev–Trinajstić information content (AvgIpc) is 3.32. The van der Waals surface area contributed by atoms with Crippen LogP contribution in [0.1, 0.15) is 15.9 Å². The summed E-state index contributed by atoms with van der Waals surface area (Å²) in [5.41, 5.74) is 0.963. The first-order chi connectivity index (χ1) is 16.6. The summed E-state index contributed by atoms with van der Waals surface area (Å²) in [6, 6.07) is 15.8. The minimum Gasteiger partial charge on any atom is -0.495 e. The van der Waals surface area contributed by atoms with Gasteiger partial charge in [0, 0.05) is 17.8 Å². The number of fused-ring (bicyclic) bond motifs is 2. The fourth-order valence-corrected chi connectivity index (χ4v) is 4.72. The van der Waals surface area contributed by atoms with E-state index in [1.807, 2.05) is 12.1 Å². The van der Waals surface area contributed by atoms with Crippen LogP contribution in [0.5, 0.6) is 11.5 Å². The van der Waals surface area contributed by atoms with E-state index in [-0.39, 0.29) is 12.1 Å². The molecule has 0 radical (unpaired) electrons. The lowest BCUT2D eigenvalue weighted by Gasteiger charge is -2.19. The molecule has 0 saturated heterocycles. The van der Waals surface area contributed by atoms with Crippen LogP contribution in [-0.2, 0) is 6.54 Å². The number of nitrogens with zero attached hydrogens (tertiary/aromatic N) is 3. The van der Waals surface area contributed by atoms with Gasteiger partial charge in [-0.1, -0.05) is 35.6 Å². The van der Waals surface area contributed by atoms with Crippen LogP contribution in [0.15, 0.2) is 76.2 Å². The number of methoxy groups -OCH3 is 2. The number of thiazole rings is 1. The summed E-state index contributed by atoms with van der Waals surface area (Å²) in [6.07, 6.45) is 3.32. The summed E-state index contributed by atoms with van der Waals surface area (Å²) >= 11 is 1.27. The second kappa shape index (κ2) is 8.95. The Balaban J connectivity index is 1.67. The van der Waals surface area contributed by atoms with E-state index in [0.29, 0.717) is 33.1 Å². The largest absolute Gasteiger partial charge is 0.495 e. The highest BCUT2D eigenvalue weighted by atomic mass is 32.1. The number of rotatable bonds is 6. The molecule has 34 heavy (non-hydrogen) atoms. The summed E-state index contributed by atoms with van der Waals surface area (Å²) in [5, 5.41) is 1.04. The summed E-state index contributed by atoms with van der Waals surface area (Å²) in [7, 11) is 3.12. The SMILES string of the molecule is COc1ccc(OC)c2sc(N(Cc3cccnc3)C(=O)c3cc4ccccc4oc3=O)nc12. The molecule has 0 aliphatic carbocycles. The highest BCUT2D eigenvalue weighted by molar-refractivity contribution is 7.22. The Hall–Kier alpha value is -4.24. The predicted molar refractivity (Wildman–Crippen MR) is 130 cm³/mol. The fraction of sp³-hybridized carbons (Fsp3) is 0.120. The van der Waals surface area contributed by atoms with Crippen LogP contribution < -0.4 is 20.0 Å². The van der Waals surface area contributed by atoms with Gasteiger partial charge in [0.15, 0.2) is 5.13 Å². The van der Waals surface area contributed by atoms with Gasteiger partial charge in [-0.25, -0.2) is 9.78 Å². The first-order valence-corrected chi connectivity index (χ1v) is 11.2. The topological polar surface area (TPSA) is 94.8 Å². The lowest BCUT2D eigenvalue weighted by molar-refractivity contribution is 0.0981. The summed E-state index contributed by atoms with van der Waals surface area (Å²) < 4.78 is 17.1. The van der Waals surface area contributed by atoms with Crippen LogP contribution in [-0.4, -0.2) is 30.1 Å². The first-order valence-electron chi connectivity index (χ1n) is 10.3. The van der Waals surface area contributed by atoms with Crippen molar-refractivity contribution >= 4 is 43.6 Å². The molecule has 0 saturated carbocycles. The maximum absolute atomic E-state index is 13.7. The number of pyridine rings is 1. The maximum atomic E-state index is 13.7. The molecule has 5 aromatic rings. The molecule has 0 atom stereocenters. The van der Waals surface area contributed by atoms with Crippen molar-refractivity contribution < 1.29 is 18.7 Å². The summed E-state index contributed by atoms with van der Waals surface area (Å²) in [5.74, 6) is 0.635. The molecule has 3 aromatic heterocycles. The van der Waals surface area contributed by atoms with Crippen molar-refractivity contribution in [1.82, 2.24) is 9.97 Å². The zero-order chi connectivity index (χ0) is 23.7. The third-order valence-corrected chi connectivity index (χ3v) is 6.40. The van der Waals surface area contributed by atoms with Crippen LogP contribution in [0.2, 0.25) is 0 Å². The van der Waals surface area contributed by atoms with Crippen molar-refractivity contribution in [3.05, 3.63) is 88.5 Å². The van der Waals surface area contributed by atoms with Crippen molar-refractivity contribution in [2.45, 2.75) is 6.54 Å². The Bertz CT molecular complexity index is 1520. The second-order valence-corrected chi connectivity index (χ2v) is 8.36. The van der Waals surface area contributed by atoms with E-state index in [0.717, 1.165) is 10.3 Å². The highest BCUT2D eigenvalue weighted by Gasteiger charge is 2.26. The van der Waals surface area contributed by atoms with Crippen LogP contribution in [0.4, 0.5) is 5.13 Å². The number of para-hydroxylation sites is 1. The Morgan fingerprint density at radius 2 is 1.85 bits per heavy atom. The lowest BCUT2D eigenvalue weighted by atomic mass is 10.1. The number of hydrogen-bond donors (Lipinski definition) is 0. The van der Waals surface area contributed by atoms with Gasteiger partial charge in [-0.05, 0) is 35.9 Å². The average molecular weight is 474 g/mol. The summed E-state index contributed by atoms with van der Waals surface area (Å²) in [4.78, 5) is 36.8. The predicted octanol–water partition coefficient (Wildman–Crippen LogP) is 4.66. The van der Waals surface area contributed by atoms with Gasteiger partial charge < -0.3 is 13.9 Å². The normalized spacial score (nSPS) is 11.0. The van der Waals surface area contributed by atoms with Crippen LogP contribution in [0.3, 0.4) is 0 Å². The molecule has 3 heterocycles.